The summed E-state index contributed by atoms with van der Waals surface area (Å²) in [7, 11) is 2.73. The van der Waals surface area contributed by atoms with E-state index in [0.717, 1.165) is 47.8 Å². The molecule has 0 amide bonds. The van der Waals surface area contributed by atoms with Gasteiger partial charge in [0, 0.05) is 45.5 Å². The maximum absolute atomic E-state index is 12.9. The van der Waals surface area contributed by atoms with E-state index in [1.165, 1.54) is 14.2 Å². The Hall–Kier alpha value is -3.47. The lowest BCUT2D eigenvalue weighted by Gasteiger charge is -2.24. The molecule has 194 valence electrons. The van der Waals surface area contributed by atoms with Crippen molar-refractivity contribution in [2.45, 2.75) is 19.6 Å². The van der Waals surface area contributed by atoms with Crippen LogP contribution in [0.3, 0.4) is 0 Å². The predicted molar refractivity (Wildman–Crippen MR) is 152 cm³/mol. The van der Waals surface area contributed by atoms with Gasteiger partial charge in [0.25, 0.3) is 0 Å². The van der Waals surface area contributed by atoms with Crippen LogP contribution >= 0.6 is 31.9 Å². The van der Waals surface area contributed by atoms with Crippen molar-refractivity contribution in [3.05, 3.63) is 99.0 Å². The van der Waals surface area contributed by atoms with E-state index >= 15 is 0 Å². The van der Waals surface area contributed by atoms with Gasteiger partial charge in [-0.3, -0.25) is 9.88 Å². The van der Waals surface area contributed by atoms with Crippen molar-refractivity contribution in [3.8, 4) is 0 Å². The van der Waals surface area contributed by atoms with Crippen molar-refractivity contribution in [2.24, 2.45) is 0 Å². The van der Waals surface area contributed by atoms with E-state index in [1.807, 2.05) is 66.7 Å². The highest BCUT2D eigenvalue weighted by Crippen LogP contribution is 2.35. The first-order valence-corrected chi connectivity index (χ1v) is 13.4. The van der Waals surface area contributed by atoms with Crippen molar-refractivity contribution < 1.29 is 19.1 Å². The standard InChI is InChI=1S/C28H24Br2N4O4/c1-37-27(35)33-21-12-5-3-10-19(21)25(29)23(33)16-32(15-18-9-7-8-14-31-18)17-24-26(30)20-11-4-6-13-22(20)34(24)28(36)38-2/h3-14H,15-17H2,1-2H3. The van der Waals surface area contributed by atoms with E-state index in [0.29, 0.717) is 19.6 Å². The normalized spacial score (nSPS) is 11.4. The molecule has 0 saturated carbocycles. The van der Waals surface area contributed by atoms with Crippen molar-refractivity contribution in [2.75, 3.05) is 14.2 Å². The van der Waals surface area contributed by atoms with Gasteiger partial charge in [-0.15, -0.1) is 0 Å². The number of rotatable bonds is 6. The van der Waals surface area contributed by atoms with Gasteiger partial charge in [-0.25, -0.2) is 18.7 Å². The summed E-state index contributed by atoms with van der Waals surface area (Å²) in [6, 6.07) is 21.0. The predicted octanol–water partition coefficient (Wildman–Crippen LogP) is 6.95. The maximum atomic E-state index is 12.9. The zero-order chi connectivity index (χ0) is 26.8. The lowest BCUT2D eigenvalue weighted by Crippen LogP contribution is -2.28. The largest absolute Gasteiger partial charge is 0.452 e. The van der Waals surface area contributed by atoms with E-state index in [2.05, 4.69) is 41.7 Å². The second-order valence-corrected chi connectivity index (χ2v) is 10.2. The quantitative estimate of drug-likeness (QED) is 0.200. The van der Waals surface area contributed by atoms with E-state index in [9.17, 15) is 9.59 Å². The fourth-order valence-corrected chi connectivity index (χ4v) is 5.97. The van der Waals surface area contributed by atoms with Crippen LogP contribution < -0.4 is 0 Å². The van der Waals surface area contributed by atoms with Crippen LogP contribution in [-0.4, -0.2) is 45.4 Å². The molecule has 0 aliphatic heterocycles. The number of benzene rings is 2. The summed E-state index contributed by atoms with van der Waals surface area (Å²) >= 11 is 7.46. The summed E-state index contributed by atoms with van der Waals surface area (Å²) in [5, 5.41) is 1.80. The van der Waals surface area contributed by atoms with Gasteiger partial charge in [-0.1, -0.05) is 42.5 Å². The van der Waals surface area contributed by atoms with Gasteiger partial charge in [0.1, 0.15) is 0 Å². The molecule has 38 heavy (non-hydrogen) atoms. The van der Waals surface area contributed by atoms with Crippen molar-refractivity contribution in [1.29, 1.82) is 0 Å². The number of halogens is 2. The van der Waals surface area contributed by atoms with E-state index in [-0.39, 0.29) is 0 Å². The number of hydrogen-bond acceptors (Lipinski definition) is 6. The van der Waals surface area contributed by atoms with Crippen LogP contribution in [0.1, 0.15) is 17.1 Å². The van der Waals surface area contributed by atoms with E-state index in [4.69, 9.17) is 9.47 Å². The van der Waals surface area contributed by atoms with Gasteiger partial charge >= 0.3 is 12.2 Å². The van der Waals surface area contributed by atoms with E-state index < -0.39 is 12.2 Å². The molecular weight excluding hydrogens is 616 g/mol. The first-order chi connectivity index (χ1) is 18.4. The third kappa shape index (κ3) is 4.75. The van der Waals surface area contributed by atoms with Crippen LogP contribution in [-0.2, 0) is 29.1 Å². The third-order valence-corrected chi connectivity index (χ3v) is 8.15. The number of pyridine rings is 1. The minimum Gasteiger partial charge on any atom is -0.452 e. The number of carbonyl (C=O) groups is 2. The van der Waals surface area contributed by atoms with Gasteiger partial charge in [0.2, 0.25) is 0 Å². The highest BCUT2D eigenvalue weighted by Gasteiger charge is 2.26. The number of aromatic nitrogens is 3. The number of ether oxygens (including phenoxy) is 2. The molecule has 3 aromatic heterocycles. The number of fused-ring (bicyclic) bond motifs is 2. The third-order valence-electron chi connectivity index (χ3n) is 6.38. The molecule has 0 bridgehead atoms. The number of carbonyl (C=O) groups excluding carboxylic acids is 2. The summed E-state index contributed by atoms with van der Waals surface area (Å²) in [4.78, 5) is 32.5. The Morgan fingerprint density at radius 1 is 0.737 bits per heavy atom. The molecule has 0 N–H and O–H groups in total. The molecule has 2 aromatic carbocycles. The molecule has 5 rings (SSSR count). The molecule has 0 atom stereocenters. The van der Waals surface area contributed by atoms with Crippen molar-refractivity contribution in [3.63, 3.8) is 0 Å². The lowest BCUT2D eigenvalue weighted by atomic mass is 10.2. The van der Waals surface area contributed by atoms with Gasteiger partial charge in [-0.2, -0.15) is 0 Å². The molecule has 10 heteroatoms. The number of methoxy groups -OCH3 is 2. The Balaban J connectivity index is 1.64. The Morgan fingerprint density at radius 2 is 1.21 bits per heavy atom. The molecule has 3 heterocycles. The van der Waals surface area contributed by atoms with Gasteiger partial charge < -0.3 is 9.47 Å². The van der Waals surface area contributed by atoms with Crippen LogP contribution in [0.4, 0.5) is 9.59 Å². The Bertz CT molecular complexity index is 1540. The fraction of sp³-hybridized carbons (Fsp3) is 0.179. The monoisotopic (exact) mass is 638 g/mol. The second-order valence-electron chi connectivity index (χ2n) is 8.63. The summed E-state index contributed by atoms with van der Waals surface area (Å²) < 4.78 is 15.0. The summed E-state index contributed by atoms with van der Waals surface area (Å²) in [6.07, 6.45) is 0.782. The minimum atomic E-state index is -0.482. The summed E-state index contributed by atoms with van der Waals surface area (Å²) in [6.45, 7) is 1.18. The average molecular weight is 640 g/mol. The molecule has 0 aliphatic rings. The number of hydrogen-bond donors (Lipinski definition) is 0. The molecule has 0 unspecified atom stereocenters. The van der Waals surface area contributed by atoms with Crippen LogP contribution in [0.2, 0.25) is 0 Å². The highest BCUT2D eigenvalue weighted by atomic mass is 79.9. The molecule has 0 radical (unpaired) electrons. The number of nitrogens with zero attached hydrogens (tertiary/aromatic N) is 4. The molecule has 0 saturated heterocycles. The Kier molecular flexibility index (Phi) is 7.64. The smallest absolute Gasteiger partial charge is 0.418 e. The number of para-hydroxylation sites is 2. The van der Waals surface area contributed by atoms with Crippen LogP contribution in [0.5, 0.6) is 0 Å². The van der Waals surface area contributed by atoms with Gasteiger partial charge in [0.05, 0.1) is 42.3 Å². The molecule has 5 aromatic rings. The van der Waals surface area contributed by atoms with Gasteiger partial charge in [0.15, 0.2) is 0 Å². The molecule has 0 spiro atoms. The Labute approximate surface area is 236 Å². The first kappa shape index (κ1) is 26.1. The topological polar surface area (TPSA) is 78.6 Å². The first-order valence-electron chi connectivity index (χ1n) is 11.8. The van der Waals surface area contributed by atoms with Crippen molar-refractivity contribution >= 4 is 65.9 Å². The maximum Gasteiger partial charge on any atom is 0.418 e. The van der Waals surface area contributed by atoms with Gasteiger partial charge in [-0.05, 0) is 56.1 Å². The van der Waals surface area contributed by atoms with Crippen LogP contribution in [0.25, 0.3) is 21.8 Å². The Morgan fingerprint density at radius 3 is 1.66 bits per heavy atom. The molecule has 0 aliphatic carbocycles. The summed E-state index contributed by atoms with van der Waals surface area (Å²) in [5.74, 6) is 0. The van der Waals surface area contributed by atoms with Crippen LogP contribution in [0, 0.1) is 0 Å². The van der Waals surface area contributed by atoms with Crippen molar-refractivity contribution in [1.82, 2.24) is 19.0 Å². The zero-order valence-corrected chi connectivity index (χ0v) is 23.9. The van der Waals surface area contributed by atoms with Crippen LogP contribution in [0.15, 0.2) is 81.9 Å². The molecule has 0 fully saturated rings. The second kappa shape index (κ2) is 11.1. The molecule has 8 nitrogen and oxygen atoms in total. The zero-order valence-electron chi connectivity index (χ0n) is 20.7. The highest BCUT2D eigenvalue weighted by molar-refractivity contribution is 9.11. The molecular formula is C28H24Br2N4O4. The minimum absolute atomic E-state index is 0.357. The average Bonchev–Trinajstić information content (AvgIpc) is 3.39. The lowest BCUT2D eigenvalue weighted by molar-refractivity contribution is 0.168. The SMILES string of the molecule is COC(=O)n1c(CN(Cc2ccccn2)Cc2c(Br)c3ccccc3n2C(=O)OC)c(Br)c2ccccc21. The summed E-state index contributed by atoms with van der Waals surface area (Å²) in [5.41, 5.74) is 3.78. The fourth-order valence-electron chi connectivity index (χ4n) is 4.70. The van der Waals surface area contributed by atoms with E-state index in [1.54, 1.807) is 15.3 Å².